The first-order chi connectivity index (χ1) is 10.0. The number of carbonyl (C=O) groups excluding carboxylic acids is 1. The zero-order valence-corrected chi connectivity index (χ0v) is 13.6. The van der Waals surface area contributed by atoms with Crippen LogP contribution in [-0.2, 0) is 15.0 Å². The molecule has 0 bridgehead atoms. The van der Waals surface area contributed by atoms with Crippen molar-refractivity contribution in [3.05, 3.63) is 0 Å². The Morgan fingerprint density at radius 3 is 2.24 bits per heavy atom. The molecule has 0 spiro atoms. The van der Waals surface area contributed by atoms with E-state index in [0.717, 1.165) is 19.6 Å². The standard InChI is InChI=1S/C13H26N4O3S/c1-2-14-21(19,20)17-11-9-16(10-12-17)13(18)5-8-15-6-3-4-7-15/h14H,2-12H2,1H3. The van der Waals surface area contributed by atoms with Gasteiger partial charge >= 0.3 is 0 Å². The summed E-state index contributed by atoms with van der Waals surface area (Å²) < 4.78 is 27.6. The zero-order chi connectivity index (χ0) is 15.3. The van der Waals surface area contributed by atoms with Crippen LogP contribution in [0.5, 0.6) is 0 Å². The van der Waals surface area contributed by atoms with Gasteiger partial charge in [0.1, 0.15) is 0 Å². The Balaban J connectivity index is 1.73. The Morgan fingerprint density at radius 2 is 1.67 bits per heavy atom. The molecule has 2 heterocycles. The minimum atomic E-state index is -3.37. The second-order valence-electron chi connectivity index (χ2n) is 5.58. The maximum Gasteiger partial charge on any atom is 0.279 e. The Bertz CT molecular complexity index is 440. The van der Waals surface area contributed by atoms with Crippen LogP contribution in [0.25, 0.3) is 0 Å². The molecule has 0 aromatic rings. The van der Waals surface area contributed by atoms with Gasteiger partial charge in [-0.25, -0.2) is 4.72 Å². The topological polar surface area (TPSA) is 73.0 Å². The minimum absolute atomic E-state index is 0.141. The number of hydrogen-bond donors (Lipinski definition) is 1. The third kappa shape index (κ3) is 4.64. The summed E-state index contributed by atoms with van der Waals surface area (Å²) >= 11 is 0. The van der Waals surface area contributed by atoms with Gasteiger partial charge in [0.15, 0.2) is 0 Å². The second kappa shape index (κ2) is 7.53. The normalized spacial score (nSPS) is 21.9. The zero-order valence-electron chi connectivity index (χ0n) is 12.8. The van der Waals surface area contributed by atoms with E-state index in [1.54, 1.807) is 11.8 Å². The predicted octanol–water partition coefficient (Wildman–Crippen LogP) is -0.529. The summed E-state index contributed by atoms with van der Waals surface area (Å²) in [5.74, 6) is 0.141. The summed E-state index contributed by atoms with van der Waals surface area (Å²) in [5.41, 5.74) is 0. The Hall–Kier alpha value is -0.700. The summed E-state index contributed by atoms with van der Waals surface area (Å²) in [4.78, 5) is 16.3. The van der Waals surface area contributed by atoms with E-state index >= 15 is 0 Å². The van der Waals surface area contributed by atoms with E-state index < -0.39 is 10.2 Å². The largest absolute Gasteiger partial charge is 0.340 e. The van der Waals surface area contributed by atoms with E-state index in [-0.39, 0.29) is 5.91 Å². The van der Waals surface area contributed by atoms with Gasteiger partial charge in [-0.1, -0.05) is 6.92 Å². The molecule has 2 aliphatic rings. The number of amides is 1. The molecular weight excluding hydrogens is 292 g/mol. The molecule has 122 valence electrons. The summed E-state index contributed by atoms with van der Waals surface area (Å²) in [6.07, 6.45) is 3.00. The van der Waals surface area contributed by atoms with Crippen LogP contribution in [0.3, 0.4) is 0 Å². The number of carbonyl (C=O) groups is 1. The van der Waals surface area contributed by atoms with Crippen LogP contribution < -0.4 is 4.72 Å². The molecule has 2 saturated heterocycles. The molecule has 0 atom stereocenters. The summed E-state index contributed by atoms with van der Waals surface area (Å²) in [6.45, 7) is 6.91. The number of nitrogens with one attached hydrogen (secondary N) is 1. The van der Waals surface area contributed by atoms with E-state index in [2.05, 4.69) is 9.62 Å². The lowest BCUT2D eigenvalue weighted by Gasteiger charge is -2.34. The van der Waals surface area contributed by atoms with Gasteiger partial charge < -0.3 is 9.80 Å². The van der Waals surface area contributed by atoms with E-state index in [0.29, 0.717) is 39.1 Å². The first kappa shape index (κ1) is 16.7. The van der Waals surface area contributed by atoms with Crippen molar-refractivity contribution in [2.45, 2.75) is 26.2 Å². The van der Waals surface area contributed by atoms with Gasteiger partial charge in [-0.2, -0.15) is 12.7 Å². The monoisotopic (exact) mass is 318 g/mol. The molecule has 1 N–H and O–H groups in total. The van der Waals surface area contributed by atoms with Crippen molar-refractivity contribution in [3.8, 4) is 0 Å². The van der Waals surface area contributed by atoms with Crippen LogP contribution in [0, 0.1) is 0 Å². The van der Waals surface area contributed by atoms with Gasteiger partial charge in [0, 0.05) is 45.7 Å². The number of likely N-dealkylation sites (tertiary alicyclic amines) is 1. The molecule has 1 amide bonds. The van der Waals surface area contributed by atoms with Gasteiger partial charge in [-0.15, -0.1) is 0 Å². The van der Waals surface area contributed by atoms with Crippen molar-refractivity contribution in [2.24, 2.45) is 0 Å². The molecule has 7 nitrogen and oxygen atoms in total. The van der Waals surface area contributed by atoms with Crippen molar-refractivity contribution in [1.82, 2.24) is 18.8 Å². The highest BCUT2D eigenvalue weighted by Crippen LogP contribution is 2.10. The summed E-state index contributed by atoms with van der Waals surface area (Å²) in [7, 11) is -3.37. The van der Waals surface area contributed by atoms with E-state index in [1.165, 1.54) is 17.1 Å². The molecule has 0 unspecified atom stereocenters. The highest BCUT2D eigenvalue weighted by atomic mass is 32.2. The van der Waals surface area contributed by atoms with Crippen molar-refractivity contribution in [2.75, 3.05) is 52.4 Å². The van der Waals surface area contributed by atoms with Crippen molar-refractivity contribution < 1.29 is 13.2 Å². The molecule has 0 aromatic carbocycles. The number of nitrogens with zero attached hydrogens (tertiary/aromatic N) is 3. The molecule has 0 aliphatic carbocycles. The van der Waals surface area contributed by atoms with Gasteiger partial charge in [-0.05, 0) is 25.9 Å². The molecule has 0 aromatic heterocycles. The maximum absolute atomic E-state index is 12.2. The highest BCUT2D eigenvalue weighted by Gasteiger charge is 2.28. The Morgan fingerprint density at radius 1 is 1.05 bits per heavy atom. The molecular formula is C13H26N4O3S. The smallest absolute Gasteiger partial charge is 0.279 e. The summed E-state index contributed by atoms with van der Waals surface area (Å²) in [6, 6.07) is 0. The number of rotatable bonds is 6. The third-order valence-corrected chi connectivity index (χ3v) is 5.80. The van der Waals surface area contributed by atoms with Gasteiger partial charge in [0.2, 0.25) is 5.91 Å². The first-order valence-corrected chi connectivity index (χ1v) is 9.22. The molecule has 8 heteroatoms. The molecule has 0 radical (unpaired) electrons. The molecule has 2 aliphatic heterocycles. The Labute approximate surface area is 127 Å². The fourth-order valence-corrected chi connectivity index (χ4v) is 4.06. The van der Waals surface area contributed by atoms with Crippen molar-refractivity contribution in [3.63, 3.8) is 0 Å². The van der Waals surface area contributed by atoms with Crippen LogP contribution in [0.1, 0.15) is 26.2 Å². The fourth-order valence-electron chi connectivity index (χ4n) is 2.87. The van der Waals surface area contributed by atoms with Gasteiger partial charge in [0.25, 0.3) is 10.2 Å². The quantitative estimate of drug-likeness (QED) is 0.715. The average molecular weight is 318 g/mol. The third-order valence-electron chi connectivity index (χ3n) is 4.10. The van der Waals surface area contributed by atoms with Crippen LogP contribution in [-0.4, -0.2) is 80.8 Å². The lowest BCUT2D eigenvalue weighted by molar-refractivity contribution is -0.132. The predicted molar refractivity (Wildman–Crippen MR) is 81.0 cm³/mol. The Kier molecular flexibility index (Phi) is 5.98. The van der Waals surface area contributed by atoms with Gasteiger partial charge in [0.05, 0.1) is 0 Å². The summed E-state index contributed by atoms with van der Waals surface area (Å²) in [5, 5.41) is 0. The molecule has 0 saturated carbocycles. The van der Waals surface area contributed by atoms with E-state index in [9.17, 15) is 13.2 Å². The maximum atomic E-state index is 12.2. The van der Waals surface area contributed by atoms with E-state index in [1.807, 2.05) is 0 Å². The first-order valence-electron chi connectivity index (χ1n) is 7.78. The van der Waals surface area contributed by atoms with Crippen molar-refractivity contribution in [1.29, 1.82) is 0 Å². The average Bonchev–Trinajstić information content (AvgIpc) is 2.98. The van der Waals surface area contributed by atoms with Crippen LogP contribution in [0.15, 0.2) is 0 Å². The lowest BCUT2D eigenvalue weighted by Crippen LogP contribution is -2.53. The molecule has 2 rings (SSSR count). The lowest BCUT2D eigenvalue weighted by atomic mass is 10.3. The van der Waals surface area contributed by atoms with Gasteiger partial charge in [-0.3, -0.25) is 4.79 Å². The van der Waals surface area contributed by atoms with Crippen LogP contribution >= 0.6 is 0 Å². The molecule has 2 fully saturated rings. The molecule has 21 heavy (non-hydrogen) atoms. The SMILES string of the molecule is CCNS(=O)(=O)N1CCN(C(=O)CCN2CCCC2)CC1. The number of hydrogen-bond acceptors (Lipinski definition) is 4. The van der Waals surface area contributed by atoms with Crippen LogP contribution in [0.4, 0.5) is 0 Å². The second-order valence-corrected chi connectivity index (χ2v) is 7.34. The number of piperazine rings is 1. The van der Waals surface area contributed by atoms with E-state index in [4.69, 9.17) is 0 Å². The van der Waals surface area contributed by atoms with Crippen molar-refractivity contribution >= 4 is 16.1 Å². The highest BCUT2D eigenvalue weighted by molar-refractivity contribution is 7.87. The van der Waals surface area contributed by atoms with Crippen LogP contribution in [0.2, 0.25) is 0 Å². The minimum Gasteiger partial charge on any atom is -0.340 e. The fraction of sp³-hybridized carbons (Fsp3) is 0.923.